The number of hydrogen-bond donors (Lipinski definition) is 2. The van der Waals surface area contributed by atoms with E-state index >= 15 is 0 Å². The number of aliphatic hydroxyl groups is 2. The van der Waals surface area contributed by atoms with Crippen LogP contribution in [0.3, 0.4) is 0 Å². The fourth-order valence-electron chi connectivity index (χ4n) is 4.19. The number of aliphatic hydroxyl groups excluding tert-OH is 1. The van der Waals surface area contributed by atoms with Gasteiger partial charge in [-0.3, -0.25) is 9.67 Å². The molecule has 0 spiro atoms. The maximum Gasteiger partial charge on any atom is 0.147 e. The number of pyridine rings is 2. The van der Waals surface area contributed by atoms with Crippen molar-refractivity contribution in [2.75, 3.05) is 0 Å². The first-order valence-corrected chi connectivity index (χ1v) is 11.0. The highest BCUT2D eigenvalue weighted by molar-refractivity contribution is 6.33. The Bertz CT molecular complexity index is 1480. The summed E-state index contributed by atoms with van der Waals surface area (Å²) in [7, 11) is 0. The predicted octanol–water partition coefficient (Wildman–Crippen LogP) is 4.64. The number of hydrogen-bond acceptors (Lipinski definition) is 5. The number of nitrogens with zero attached hydrogens (tertiary/aromatic N) is 5. The number of rotatable bonds is 5. The summed E-state index contributed by atoms with van der Waals surface area (Å²) < 4.78 is 3.61. The van der Waals surface area contributed by atoms with Gasteiger partial charge >= 0.3 is 0 Å². The van der Waals surface area contributed by atoms with Gasteiger partial charge in [0.05, 0.1) is 46.9 Å². The van der Waals surface area contributed by atoms with Crippen LogP contribution in [0.5, 0.6) is 0 Å². The molecule has 2 N–H and O–H groups in total. The van der Waals surface area contributed by atoms with Crippen molar-refractivity contribution in [1.29, 1.82) is 0 Å². The van der Waals surface area contributed by atoms with Crippen molar-refractivity contribution in [1.82, 2.24) is 24.1 Å². The number of aromatic nitrogens is 5. The van der Waals surface area contributed by atoms with Gasteiger partial charge in [0.1, 0.15) is 5.65 Å². The van der Waals surface area contributed by atoms with E-state index in [0.29, 0.717) is 28.6 Å². The van der Waals surface area contributed by atoms with Crippen LogP contribution in [0.2, 0.25) is 5.02 Å². The van der Waals surface area contributed by atoms with Crippen LogP contribution in [-0.4, -0.2) is 40.0 Å². The molecule has 0 aliphatic heterocycles. The molecule has 0 aliphatic carbocycles. The zero-order chi connectivity index (χ0) is 23.3. The van der Waals surface area contributed by atoms with E-state index in [9.17, 15) is 10.2 Å². The van der Waals surface area contributed by atoms with Crippen molar-refractivity contribution in [3.8, 4) is 22.4 Å². The van der Waals surface area contributed by atoms with Crippen molar-refractivity contribution in [3.63, 3.8) is 0 Å². The maximum atomic E-state index is 10.2. The molecule has 1 aromatic carbocycles. The lowest BCUT2D eigenvalue weighted by Gasteiger charge is -2.16. The first kappa shape index (κ1) is 21.6. The second kappa shape index (κ2) is 7.95. The monoisotopic (exact) mass is 461 g/mol. The van der Waals surface area contributed by atoms with Gasteiger partial charge in [-0.25, -0.2) is 4.98 Å². The van der Waals surface area contributed by atoms with E-state index in [-0.39, 0.29) is 6.61 Å². The molecule has 5 aromatic rings. The lowest BCUT2D eigenvalue weighted by atomic mass is 10.0. The van der Waals surface area contributed by atoms with Gasteiger partial charge in [0.2, 0.25) is 0 Å². The third kappa shape index (κ3) is 3.88. The Hall–Kier alpha value is -3.26. The summed E-state index contributed by atoms with van der Waals surface area (Å²) in [5, 5.41) is 26.1. The van der Waals surface area contributed by atoms with E-state index in [1.54, 1.807) is 30.9 Å². The number of imidazole rings is 1. The average Bonchev–Trinajstić information content (AvgIpc) is 3.36. The molecule has 0 aliphatic rings. The van der Waals surface area contributed by atoms with Crippen molar-refractivity contribution >= 4 is 28.2 Å². The quantitative estimate of drug-likeness (QED) is 0.398. The maximum absolute atomic E-state index is 10.2. The molecule has 33 heavy (non-hydrogen) atoms. The molecule has 0 amide bonds. The minimum absolute atomic E-state index is 0.177. The van der Waals surface area contributed by atoms with Gasteiger partial charge < -0.3 is 14.6 Å². The summed E-state index contributed by atoms with van der Waals surface area (Å²) in [6, 6.07) is 9.65. The minimum atomic E-state index is -0.860. The first-order chi connectivity index (χ1) is 15.7. The minimum Gasteiger partial charge on any atom is -0.390 e. The van der Waals surface area contributed by atoms with Crippen LogP contribution in [0.15, 0.2) is 55.1 Å². The summed E-state index contributed by atoms with van der Waals surface area (Å²) in [5.41, 5.74) is 5.56. The lowest BCUT2D eigenvalue weighted by Crippen LogP contribution is -2.26. The van der Waals surface area contributed by atoms with Crippen molar-refractivity contribution in [3.05, 3.63) is 71.4 Å². The zero-order valence-electron chi connectivity index (χ0n) is 18.6. The molecule has 0 bridgehead atoms. The Balaban J connectivity index is 1.69. The highest BCUT2D eigenvalue weighted by atomic mass is 35.5. The fourth-order valence-corrected chi connectivity index (χ4v) is 4.50. The summed E-state index contributed by atoms with van der Waals surface area (Å²) in [6.07, 6.45) is 7.33. The van der Waals surface area contributed by atoms with E-state index in [0.717, 1.165) is 33.2 Å². The van der Waals surface area contributed by atoms with E-state index < -0.39 is 5.60 Å². The molecule has 7 nitrogen and oxygen atoms in total. The van der Waals surface area contributed by atoms with Gasteiger partial charge in [-0.05, 0) is 44.5 Å². The second-order valence-corrected chi connectivity index (χ2v) is 9.31. The summed E-state index contributed by atoms with van der Waals surface area (Å²) in [6.45, 7) is 5.69. The highest BCUT2D eigenvalue weighted by Crippen LogP contribution is 2.35. The second-order valence-electron chi connectivity index (χ2n) is 8.90. The largest absolute Gasteiger partial charge is 0.390 e. The molecule has 168 valence electrons. The van der Waals surface area contributed by atoms with Crippen LogP contribution >= 0.6 is 11.6 Å². The molecule has 0 unspecified atom stereocenters. The molecule has 4 aromatic heterocycles. The number of halogens is 1. The molecule has 8 heteroatoms. The standard InChI is InChI=1S/C25H24ClN5O2/c1-15-5-4-6-19(26)22(15)23-21(13-32)31-8-7-20-18(24(31)29-23)9-16(10-27-20)17-11-28-30(12-17)14-25(2,3)33/h4-12,32-33H,13-14H2,1-3H3. The topological polar surface area (TPSA) is 88.5 Å². The molecular weight excluding hydrogens is 438 g/mol. The Morgan fingerprint density at radius 2 is 1.94 bits per heavy atom. The smallest absolute Gasteiger partial charge is 0.147 e. The Morgan fingerprint density at radius 1 is 1.12 bits per heavy atom. The van der Waals surface area contributed by atoms with E-state index in [4.69, 9.17) is 16.6 Å². The van der Waals surface area contributed by atoms with Crippen molar-refractivity contribution < 1.29 is 10.2 Å². The molecule has 0 radical (unpaired) electrons. The van der Waals surface area contributed by atoms with Gasteiger partial charge in [-0.1, -0.05) is 23.7 Å². The third-order valence-corrected chi connectivity index (χ3v) is 5.99. The van der Waals surface area contributed by atoms with Gasteiger partial charge in [-0.15, -0.1) is 0 Å². The first-order valence-electron chi connectivity index (χ1n) is 10.7. The Morgan fingerprint density at radius 3 is 2.67 bits per heavy atom. The molecule has 5 rings (SSSR count). The van der Waals surface area contributed by atoms with E-state index in [2.05, 4.69) is 10.1 Å². The number of fused-ring (bicyclic) bond motifs is 3. The number of aryl methyl sites for hydroxylation is 1. The van der Waals surface area contributed by atoms with Gasteiger partial charge in [0.15, 0.2) is 0 Å². The molecule has 0 fully saturated rings. The van der Waals surface area contributed by atoms with E-state index in [1.165, 1.54) is 0 Å². The predicted molar refractivity (Wildman–Crippen MR) is 129 cm³/mol. The Kier molecular flexibility index (Phi) is 5.20. The molecule has 4 heterocycles. The van der Waals surface area contributed by atoms with Crippen LogP contribution in [-0.2, 0) is 13.2 Å². The summed E-state index contributed by atoms with van der Waals surface area (Å²) in [5.74, 6) is 0. The molecule has 0 atom stereocenters. The Labute approximate surface area is 195 Å². The normalized spacial score (nSPS) is 12.2. The van der Waals surface area contributed by atoms with Gasteiger partial charge in [-0.2, -0.15) is 5.10 Å². The van der Waals surface area contributed by atoms with Gasteiger partial charge in [0, 0.05) is 40.7 Å². The molecule has 0 saturated heterocycles. The fraction of sp³-hybridized carbons (Fsp3) is 0.240. The van der Waals surface area contributed by atoms with Crippen molar-refractivity contribution in [2.24, 2.45) is 0 Å². The van der Waals surface area contributed by atoms with Crippen LogP contribution in [0.1, 0.15) is 25.1 Å². The average molecular weight is 462 g/mol. The SMILES string of the molecule is Cc1cccc(Cl)c1-c1nc2c3cc(-c4cnn(CC(C)(C)O)c4)cnc3ccn2c1CO. The van der Waals surface area contributed by atoms with Crippen LogP contribution in [0.25, 0.3) is 38.9 Å². The number of benzene rings is 1. The molecular formula is C25H24ClN5O2. The van der Waals surface area contributed by atoms with Crippen LogP contribution in [0.4, 0.5) is 0 Å². The summed E-state index contributed by atoms with van der Waals surface area (Å²) in [4.78, 5) is 9.55. The molecule has 0 saturated carbocycles. The van der Waals surface area contributed by atoms with E-state index in [1.807, 2.05) is 54.0 Å². The highest BCUT2D eigenvalue weighted by Gasteiger charge is 2.20. The van der Waals surface area contributed by atoms with Crippen molar-refractivity contribution in [2.45, 2.75) is 39.5 Å². The van der Waals surface area contributed by atoms with Gasteiger partial charge in [0.25, 0.3) is 0 Å². The summed E-state index contributed by atoms with van der Waals surface area (Å²) >= 11 is 6.52. The van der Waals surface area contributed by atoms with Crippen LogP contribution < -0.4 is 0 Å². The zero-order valence-corrected chi connectivity index (χ0v) is 19.4. The third-order valence-electron chi connectivity index (χ3n) is 5.67. The van der Waals surface area contributed by atoms with Crippen LogP contribution in [0, 0.1) is 6.92 Å². The lowest BCUT2D eigenvalue weighted by molar-refractivity contribution is 0.0577.